The van der Waals surface area contributed by atoms with Gasteiger partial charge in [-0.15, -0.1) is 0 Å². The first-order chi connectivity index (χ1) is 7.67. The van der Waals surface area contributed by atoms with E-state index in [4.69, 9.17) is 10.5 Å². The lowest BCUT2D eigenvalue weighted by Gasteiger charge is -2.14. The van der Waals surface area contributed by atoms with Crippen molar-refractivity contribution >= 4 is 5.91 Å². The smallest absolute Gasteiger partial charge is 0.260 e. The van der Waals surface area contributed by atoms with Crippen molar-refractivity contribution in [2.45, 2.75) is 13.5 Å². The fraction of sp³-hybridized carbons (Fsp3) is 0.417. The van der Waals surface area contributed by atoms with Crippen LogP contribution in [0.2, 0.25) is 0 Å². The molecule has 4 nitrogen and oxygen atoms in total. The molecule has 1 amide bonds. The van der Waals surface area contributed by atoms with Crippen LogP contribution in [0.4, 0.5) is 0 Å². The van der Waals surface area contributed by atoms with Crippen molar-refractivity contribution in [3.8, 4) is 5.75 Å². The normalized spacial score (nSPS) is 9.94. The van der Waals surface area contributed by atoms with Crippen molar-refractivity contribution in [3.63, 3.8) is 0 Å². The Morgan fingerprint density at radius 2 is 2.00 bits per heavy atom. The van der Waals surface area contributed by atoms with Crippen LogP contribution in [-0.2, 0) is 11.3 Å². The molecule has 0 atom stereocenters. The summed E-state index contributed by atoms with van der Waals surface area (Å²) < 4.78 is 5.36. The van der Waals surface area contributed by atoms with Crippen molar-refractivity contribution < 1.29 is 9.53 Å². The second kappa shape index (κ2) is 6.12. The summed E-state index contributed by atoms with van der Waals surface area (Å²) in [5.41, 5.74) is 6.52. The van der Waals surface area contributed by atoms with E-state index in [0.29, 0.717) is 18.8 Å². The van der Waals surface area contributed by atoms with E-state index in [0.717, 1.165) is 5.56 Å². The third-order valence-electron chi connectivity index (χ3n) is 2.42. The van der Waals surface area contributed by atoms with Crippen LogP contribution in [0, 0.1) is 0 Å². The Balaban J connectivity index is 2.45. The minimum Gasteiger partial charge on any atom is -0.484 e. The summed E-state index contributed by atoms with van der Waals surface area (Å²) in [5, 5.41) is 0. The second-order valence-electron chi connectivity index (χ2n) is 3.54. The predicted molar refractivity (Wildman–Crippen MR) is 63.1 cm³/mol. The molecule has 0 unspecified atom stereocenters. The summed E-state index contributed by atoms with van der Waals surface area (Å²) in [5.74, 6) is 0.667. The predicted octanol–water partition coefficient (Wildman–Crippen LogP) is 1.00. The molecule has 2 N–H and O–H groups in total. The fourth-order valence-electron chi connectivity index (χ4n) is 1.15. The molecular weight excluding hydrogens is 204 g/mol. The number of rotatable bonds is 5. The number of benzene rings is 1. The Bertz CT molecular complexity index is 335. The molecule has 88 valence electrons. The third kappa shape index (κ3) is 3.55. The van der Waals surface area contributed by atoms with Crippen molar-refractivity contribution in [2.75, 3.05) is 20.2 Å². The lowest BCUT2D eigenvalue weighted by atomic mass is 10.2. The molecular formula is C12H18N2O2. The standard InChI is InChI=1S/C12H18N2O2/c1-3-14(2)12(15)9-16-11-6-4-10(8-13)5-7-11/h4-7H,3,8-9,13H2,1-2H3. The highest BCUT2D eigenvalue weighted by molar-refractivity contribution is 5.77. The largest absolute Gasteiger partial charge is 0.484 e. The average Bonchev–Trinajstić information content (AvgIpc) is 2.35. The molecule has 0 heterocycles. The van der Waals surface area contributed by atoms with E-state index < -0.39 is 0 Å². The molecule has 0 aliphatic rings. The topological polar surface area (TPSA) is 55.6 Å². The minimum atomic E-state index is -0.0228. The van der Waals surface area contributed by atoms with E-state index in [2.05, 4.69) is 0 Å². The number of hydrogen-bond acceptors (Lipinski definition) is 3. The Hall–Kier alpha value is -1.55. The van der Waals surface area contributed by atoms with Gasteiger partial charge < -0.3 is 15.4 Å². The number of ether oxygens (including phenoxy) is 1. The summed E-state index contributed by atoms with van der Waals surface area (Å²) >= 11 is 0. The Morgan fingerprint density at radius 3 is 2.50 bits per heavy atom. The van der Waals surface area contributed by atoms with Gasteiger partial charge in [-0.2, -0.15) is 0 Å². The number of amides is 1. The van der Waals surface area contributed by atoms with Crippen LogP contribution in [0.3, 0.4) is 0 Å². The van der Waals surface area contributed by atoms with Crippen molar-refractivity contribution in [1.29, 1.82) is 0 Å². The lowest BCUT2D eigenvalue weighted by Crippen LogP contribution is -2.31. The van der Waals surface area contributed by atoms with Gasteiger partial charge in [-0.05, 0) is 24.6 Å². The highest BCUT2D eigenvalue weighted by Crippen LogP contribution is 2.11. The van der Waals surface area contributed by atoms with E-state index in [1.165, 1.54) is 0 Å². The van der Waals surface area contributed by atoms with E-state index in [1.54, 1.807) is 11.9 Å². The molecule has 0 aliphatic heterocycles. The van der Waals surface area contributed by atoms with Crippen LogP contribution in [0.5, 0.6) is 5.75 Å². The third-order valence-corrected chi connectivity index (χ3v) is 2.42. The van der Waals surface area contributed by atoms with Gasteiger partial charge in [-0.1, -0.05) is 12.1 Å². The van der Waals surface area contributed by atoms with Crippen LogP contribution in [0.25, 0.3) is 0 Å². The van der Waals surface area contributed by atoms with Gasteiger partial charge in [0.2, 0.25) is 0 Å². The van der Waals surface area contributed by atoms with E-state index >= 15 is 0 Å². The van der Waals surface area contributed by atoms with Gasteiger partial charge in [0.25, 0.3) is 5.91 Å². The number of nitrogens with zero attached hydrogens (tertiary/aromatic N) is 1. The van der Waals surface area contributed by atoms with Crippen LogP contribution < -0.4 is 10.5 Å². The number of hydrogen-bond donors (Lipinski definition) is 1. The van der Waals surface area contributed by atoms with Crippen molar-refractivity contribution in [1.82, 2.24) is 4.90 Å². The number of likely N-dealkylation sites (N-methyl/N-ethyl adjacent to an activating group) is 1. The highest BCUT2D eigenvalue weighted by atomic mass is 16.5. The lowest BCUT2D eigenvalue weighted by molar-refractivity contribution is -0.131. The summed E-state index contributed by atoms with van der Waals surface area (Å²) in [6, 6.07) is 7.43. The molecule has 1 aromatic rings. The van der Waals surface area contributed by atoms with Gasteiger partial charge in [-0.25, -0.2) is 0 Å². The number of carbonyl (C=O) groups is 1. The quantitative estimate of drug-likeness (QED) is 0.808. The van der Waals surface area contributed by atoms with Crippen LogP contribution in [0.15, 0.2) is 24.3 Å². The van der Waals surface area contributed by atoms with E-state index in [-0.39, 0.29) is 12.5 Å². The highest BCUT2D eigenvalue weighted by Gasteiger charge is 2.06. The maximum atomic E-state index is 11.5. The molecule has 0 aromatic heterocycles. The van der Waals surface area contributed by atoms with Gasteiger partial charge in [0.05, 0.1) is 0 Å². The Labute approximate surface area is 96.0 Å². The molecule has 0 saturated heterocycles. The molecule has 0 spiro atoms. The first-order valence-corrected chi connectivity index (χ1v) is 5.33. The SMILES string of the molecule is CCN(C)C(=O)COc1ccc(CN)cc1. The molecule has 0 bridgehead atoms. The zero-order chi connectivity index (χ0) is 12.0. The molecule has 1 rings (SSSR count). The zero-order valence-corrected chi connectivity index (χ0v) is 9.77. The van der Waals surface area contributed by atoms with Gasteiger partial charge in [0, 0.05) is 20.1 Å². The van der Waals surface area contributed by atoms with Gasteiger partial charge in [0.15, 0.2) is 6.61 Å². The molecule has 0 fully saturated rings. The number of carbonyl (C=O) groups excluding carboxylic acids is 1. The second-order valence-corrected chi connectivity index (χ2v) is 3.54. The van der Waals surface area contributed by atoms with Crippen molar-refractivity contribution in [3.05, 3.63) is 29.8 Å². The maximum absolute atomic E-state index is 11.5. The molecule has 0 saturated carbocycles. The summed E-state index contributed by atoms with van der Waals surface area (Å²) in [6.45, 7) is 3.20. The fourth-order valence-corrected chi connectivity index (χ4v) is 1.15. The van der Waals surface area contributed by atoms with E-state index in [1.807, 2.05) is 31.2 Å². The Kier molecular flexibility index (Phi) is 4.79. The summed E-state index contributed by atoms with van der Waals surface area (Å²) in [4.78, 5) is 13.1. The number of nitrogens with two attached hydrogens (primary N) is 1. The molecule has 0 radical (unpaired) electrons. The van der Waals surface area contributed by atoms with Gasteiger partial charge in [-0.3, -0.25) is 4.79 Å². The first-order valence-electron chi connectivity index (χ1n) is 5.33. The van der Waals surface area contributed by atoms with Gasteiger partial charge >= 0.3 is 0 Å². The van der Waals surface area contributed by atoms with Crippen molar-refractivity contribution in [2.24, 2.45) is 5.73 Å². The Morgan fingerprint density at radius 1 is 1.38 bits per heavy atom. The molecule has 4 heteroatoms. The van der Waals surface area contributed by atoms with Crippen LogP contribution >= 0.6 is 0 Å². The van der Waals surface area contributed by atoms with Gasteiger partial charge in [0.1, 0.15) is 5.75 Å². The maximum Gasteiger partial charge on any atom is 0.260 e. The van der Waals surface area contributed by atoms with E-state index in [9.17, 15) is 4.79 Å². The summed E-state index contributed by atoms with van der Waals surface area (Å²) in [7, 11) is 1.75. The first kappa shape index (κ1) is 12.5. The summed E-state index contributed by atoms with van der Waals surface area (Å²) in [6.07, 6.45) is 0. The van der Waals surface area contributed by atoms with Crippen LogP contribution in [0.1, 0.15) is 12.5 Å². The van der Waals surface area contributed by atoms with Crippen LogP contribution in [-0.4, -0.2) is 31.0 Å². The molecule has 1 aromatic carbocycles. The monoisotopic (exact) mass is 222 g/mol. The molecule has 0 aliphatic carbocycles. The minimum absolute atomic E-state index is 0.0228. The molecule has 16 heavy (non-hydrogen) atoms. The average molecular weight is 222 g/mol. The zero-order valence-electron chi connectivity index (χ0n) is 9.77.